The molecule has 31 heavy (non-hydrogen) atoms. The van der Waals surface area contributed by atoms with E-state index in [0.717, 1.165) is 16.0 Å². The van der Waals surface area contributed by atoms with Gasteiger partial charge in [0.05, 0.1) is 12.1 Å². The van der Waals surface area contributed by atoms with E-state index in [2.05, 4.69) is 10.3 Å². The molecule has 0 atom stereocenters. The highest BCUT2D eigenvalue weighted by atomic mass is 32.2. The van der Waals surface area contributed by atoms with E-state index in [1.54, 1.807) is 23.9 Å². The summed E-state index contributed by atoms with van der Waals surface area (Å²) in [6, 6.07) is 26.6. The molecule has 1 amide bonds. The Labute approximate surface area is 189 Å². The van der Waals surface area contributed by atoms with Gasteiger partial charge in [0.1, 0.15) is 4.88 Å². The first-order chi connectivity index (χ1) is 15.1. The van der Waals surface area contributed by atoms with Gasteiger partial charge in [0.2, 0.25) is 11.7 Å². The molecule has 6 heteroatoms. The Kier molecular flexibility index (Phi) is 6.60. The lowest BCUT2D eigenvalue weighted by Gasteiger charge is -2.03. The maximum Gasteiger partial charge on any atom is 0.230 e. The fourth-order valence-corrected chi connectivity index (χ4v) is 4.51. The zero-order valence-corrected chi connectivity index (χ0v) is 18.5. The van der Waals surface area contributed by atoms with Gasteiger partial charge in [0, 0.05) is 16.0 Å². The van der Waals surface area contributed by atoms with Gasteiger partial charge in [-0.1, -0.05) is 84.1 Å². The smallest absolute Gasteiger partial charge is 0.230 e. The van der Waals surface area contributed by atoms with E-state index in [1.165, 1.54) is 11.3 Å². The van der Waals surface area contributed by atoms with Gasteiger partial charge >= 0.3 is 0 Å². The number of hydrogen-bond donors (Lipinski definition) is 1. The first-order valence-corrected chi connectivity index (χ1v) is 11.8. The van der Waals surface area contributed by atoms with Crippen LogP contribution in [-0.4, -0.2) is 22.9 Å². The summed E-state index contributed by atoms with van der Waals surface area (Å²) in [7, 11) is 0. The van der Waals surface area contributed by atoms with Crippen molar-refractivity contribution in [3.8, 4) is 11.3 Å². The van der Waals surface area contributed by atoms with Crippen LogP contribution in [0.2, 0.25) is 0 Å². The molecule has 0 unspecified atom stereocenters. The number of nitrogens with one attached hydrogen (secondary N) is 1. The summed E-state index contributed by atoms with van der Waals surface area (Å²) in [6.45, 7) is 0. The number of rotatable bonds is 7. The summed E-state index contributed by atoms with van der Waals surface area (Å²) >= 11 is 2.87. The lowest BCUT2D eigenvalue weighted by atomic mass is 10.1. The number of carbonyl (C=O) groups excluding carboxylic acids is 2. The first kappa shape index (κ1) is 21.0. The largest absolute Gasteiger partial charge is 0.302 e. The van der Waals surface area contributed by atoms with Crippen molar-refractivity contribution in [2.45, 2.75) is 11.3 Å². The van der Waals surface area contributed by atoms with Crippen LogP contribution in [0, 0.1) is 0 Å². The highest BCUT2D eigenvalue weighted by Gasteiger charge is 2.21. The molecule has 1 N–H and O–H groups in total. The number of benzene rings is 3. The Morgan fingerprint density at radius 1 is 0.903 bits per heavy atom. The predicted octanol–water partition coefficient (Wildman–Crippen LogP) is 5.94. The maximum atomic E-state index is 13.1. The van der Waals surface area contributed by atoms with Crippen molar-refractivity contribution in [2.75, 3.05) is 11.6 Å². The van der Waals surface area contributed by atoms with Crippen LogP contribution in [0.1, 0.15) is 20.8 Å². The van der Waals surface area contributed by atoms with Gasteiger partial charge in [0.15, 0.2) is 5.13 Å². The number of thiazole rings is 1. The van der Waals surface area contributed by atoms with E-state index < -0.39 is 0 Å². The van der Waals surface area contributed by atoms with Crippen LogP contribution in [0.25, 0.3) is 11.3 Å². The topological polar surface area (TPSA) is 59.1 Å². The first-order valence-electron chi connectivity index (χ1n) is 9.73. The Balaban J connectivity index is 1.60. The number of amides is 1. The zero-order valence-electron chi connectivity index (χ0n) is 16.9. The third-order valence-corrected chi connectivity index (χ3v) is 6.40. The lowest BCUT2D eigenvalue weighted by Crippen LogP contribution is -2.14. The number of thioether (sulfide) groups is 1. The number of aromatic nitrogens is 1. The molecule has 0 aliphatic rings. The molecule has 0 spiro atoms. The van der Waals surface area contributed by atoms with Crippen molar-refractivity contribution in [3.05, 3.63) is 101 Å². The molecular formula is C25H20N2O2S2. The van der Waals surface area contributed by atoms with Crippen LogP contribution in [0.15, 0.2) is 89.8 Å². The van der Waals surface area contributed by atoms with Crippen molar-refractivity contribution in [1.82, 2.24) is 4.98 Å². The second-order valence-electron chi connectivity index (χ2n) is 6.83. The Morgan fingerprint density at radius 3 is 2.19 bits per heavy atom. The standard InChI is InChI=1S/C25H20N2O2S2/c1-30-20-14-12-17(13-15-20)16-21(28)26-25-27-22(18-8-4-2-5-9-18)24(31-25)23(29)19-10-6-3-7-11-19/h2-15H,16H2,1H3,(H,26,27,28). The van der Waals surface area contributed by atoms with Crippen LogP contribution >= 0.6 is 23.1 Å². The molecule has 0 fully saturated rings. The van der Waals surface area contributed by atoms with E-state index in [9.17, 15) is 9.59 Å². The molecule has 0 saturated heterocycles. The monoisotopic (exact) mass is 444 g/mol. The van der Waals surface area contributed by atoms with Gasteiger partial charge in [0.25, 0.3) is 0 Å². The van der Waals surface area contributed by atoms with Crippen LogP contribution in [0.5, 0.6) is 0 Å². The summed E-state index contributed by atoms with van der Waals surface area (Å²) in [5.74, 6) is -0.269. The third-order valence-electron chi connectivity index (χ3n) is 4.69. The Morgan fingerprint density at radius 2 is 1.55 bits per heavy atom. The van der Waals surface area contributed by atoms with Gasteiger partial charge < -0.3 is 5.32 Å². The molecule has 0 saturated carbocycles. The molecule has 154 valence electrons. The van der Waals surface area contributed by atoms with Crippen molar-refractivity contribution in [2.24, 2.45) is 0 Å². The highest BCUT2D eigenvalue weighted by molar-refractivity contribution is 7.98. The fourth-order valence-electron chi connectivity index (χ4n) is 3.13. The van der Waals surface area contributed by atoms with E-state index in [-0.39, 0.29) is 18.1 Å². The second-order valence-corrected chi connectivity index (χ2v) is 8.71. The minimum Gasteiger partial charge on any atom is -0.302 e. The molecule has 0 aliphatic carbocycles. The van der Waals surface area contributed by atoms with Crippen molar-refractivity contribution < 1.29 is 9.59 Å². The third kappa shape index (κ3) is 5.10. The molecule has 4 rings (SSSR count). The van der Waals surface area contributed by atoms with E-state index in [0.29, 0.717) is 21.3 Å². The van der Waals surface area contributed by atoms with Gasteiger partial charge in [-0.15, -0.1) is 11.8 Å². The molecule has 4 nitrogen and oxygen atoms in total. The van der Waals surface area contributed by atoms with Crippen molar-refractivity contribution in [1.29, 1.82) is 0 Å². The molecule has 4 aromatic rings. The Hall–Kier alpha value is -3.22. The second kappa shape index (κ2) is 9.73. The average Bonchev–Trinajstić information content (AvgIpc) is 3.23. The summed E-state index contributed by atoms with van der Waals surface area (Å²) in [5, 5.41) is 3.29. The van der Waals surface area contributed by atoms with E-state index >= 15 is 0 Å². The Bertz CT molecular complexity index is 1190. The van der Waals surface area contributed by atoms with Crippen LogP contribution in [-0.2, 0) is 11.2 Å². The quantitative estimate of drug-likeness (QED) is 0.283. The van der Waals surface area contributed by atoms with Crippen LogP contribution in [0.3, 0.4) is 0 Å². The van der Waals surface area contributed by atoms with Crippen molar-refractivity contribution in [3.63, 3.8) is 0 Å². The summed E-state index contributed by atoms with van der Waals surface area (Å²) in [6.07, 6.45) is 2.26. The number of nitrogens with zero attached hydrogens (tertiary/aromatic N) is 1. The molecule has 0 bridgehead atoms. The average molecular weight is 445 g/mol. The molecule has 1 heterocycles. The normalized spacial score (nSPS) is 10.6. The predicted molar refractivity (Wildman–Crippen MR) is 128 cm³/mol. The van der Waals surface area contributed by atoms with E-state index in [4.69, 9.17) is 0 Å². The van der Waals surface area contributed by atoms with Crippen LogP contribution < -0.4 is 5.32 Å². The van der Waals surface area contributed by atoms with Gasteiger partial charge in [-0.05, 0) is 24.0 Å². The number of ketones is 1. The van der Waals surface area contributed by atoms with Crippen LogP contribution in [0.4, 0.5) is 5.13 Å². The van der Waals surface area contributed by atoms with Gasteiger partial charge in [-0.3, -0.25) is 9.59 Å². The lowest BCUT2D eigenvalue weighted by molar-refractivity contribution is -0.115. The zero-order chi connectivity index (χ0) is 21.6. The molecule has 3 aromatic carbocycles. The summed E-state index contributed by atoms with van der Waals surface area (Å²) in [5.41, 5.74) is 2.94. The van der Waals surface area contributed by atoms with Crippen molar-refractivity contribution >= 4 is 39.9 Å². The number of carbonyl (C=O) groups is 2. The highest BCUT2D eigenvalue weighted by Crippen LogP contribution is 2.33. The van der Waals surface area contributed by atoms with E-state index in [1.807, 2.05) is 79.1 Å². The molecule has 0 radical (unpaired) electrons. The molecule has 0 aliphatic heterocycles. The fraction of sp³-hybridized carbons (Fsp3) is 0.0800. The molecular weight excluding hydrogens is 424 g/mol. The number of anilines is 1. The summed E-state index contributed by atoms with van der Waals surface area (Å²) < 4.78 is 0. The van der Waals surface area contributed by atoms with Gasteiger partial charge in [-0.25, -0.2) is 4.98 Å². The maximum absolute atomic E-state index is 13.1. The minimum atomic E-state index is -0.163. The minimum absolute atomic E-state index is 0.106. The number of hydrogen-bond acceptors (Lipinski definition) is 5. The molecule has 1 aromatic heterocycles. The van der Waals surface area contributed by atoms with Gasteiger partial charge in [-0.2, -0.15) is 0 Å². The SMILES string of the molecule is CSc1ccc(CC(=O)Nc2nc(-c3ccccc3)c(C(=O)c3ccccc3)s2)cc1. The summed E-state index contributed by atoms with van der Waals surface area (Å²) in [4.78, 5) is 32.0.